The van der Waals surface area contributed by atoms with E-state index >= 15 is 0 Å². The van der Waals surface area contributed by atoms with Crippen LogP contribution in [0.3, 0.4) is 0 Å². The van der Waals surface area contributed by atoms with Crippen LogP contribution in [0.1, 0.15) is 13.0 Å². The van der Waals surface area contributed by atoms with Gasteiger partial charge in [0.15, 0.2) is 17.2 Å². The Hall–Kier alpha value is -3.76. The molecule has 0 fully saturated rings. The van der Waals surface area contributed by atoms with Gasteiger partial charge >= 0.3 is 0 Å². The van der Waals surface area contributed by atoms with E-state index in [-0.39, 0.29) is 6.61 Å². The van der Waals surface area contributed by atoms with Crippen LogP contribution in [-0.4, -0.2) is 33.2 Å². The van der Waals surface area contributed by atoms with E-state index in [1.807, 2.05) is 66.0 Å². The number of ether oxygens (including phenoxy) is 1. The van der Waals surface area contributed by atoms with Crippen LogP contribution in [0.25, 0.3) is 21.8 Å². The molecule has 0 bridgehead atoms. The third-order valence-corrected chi connectivity index (χ3v) is 6.02. The van der Waals surface area contributed by atoms with Gasteiger partial charge < -0.3 is 4.74 Å². The second-order valence-corrected chi connectivity index (χ2v) is 8.40. The Labute approximate surface area is 199 Å². The van der Waals surface area contributed by atoms with Gasteiger partial charge in [0.25, 0.3) is 11.8 Å². The molecule has 2 aromatic heterocycles. The summed E-state index contributed by atoms with van der Waals surface area (Å²) in [6, 6.07) is 20.3. The second kappa shape index (κ2) is 10.2. The molecule has 168 valence electrons. The van der Waals surface area contributed by atoms with Crippen LogP contribution >= 0.6 is 23.6 Å². The maximum atomic E-state index is 12.7. The lowest BCUT2D eigenvalue weighted by Gasteiger charge is -2.16. The molecule has 8 nitrogen and oxygen atoms in total. The smallest absolute Gasteiger partial charge is 0.276 e. The molecule has 33 heavy (non-hydrogen) atoms. The van der Waals surface area contributed by atoms with E-state index in [1.165, 1.54) is 11.3 Å². The van der Waals surface area contributed by atoms with E-state index in [1.54, 1.807) is 17.6 Å². The molecule has 0 radical (unpaired) electrons. The molecule has 0 spiro atoms. The third-order valence-electron chi connectivity index (χ3n) is 4.87. The van der Waals surface area contributed by atoms with Crippen molar-refractivity contribution in [1.29, 1.82) is 0 Å². The van der Waals surface area contributed by atoms with Gasteiger partial charge in [0.2, 0.25) is 0 Å². The number of carbonyl (C=O) groups excluding carboxylic acids is 2. The standard InChI is InChI=1S/C23H21N5O3S2/c1-15(28-21(25-27-23(28)32)19-12-7-13-33-19)22(30)26-24-20(29)14-31-18-11-6-5-10-17(18)16-8-3-2-4-9-16/h2-13,15H,14H2,1H3,(H,24,29)(H,26,30)(H,27,32). The van der Waals surface area contributed by atoms with Gasteiger partial charge in [0.1, 0.15) is 11.8 Å². The first-order chi connectivity index (χ1) is 16.0. The van der Waals surface area contributed by atoms with Crippen molar-refractivity contribution in [2.45, 2.75) is 13.0 Å². The van der Waals surface area contributed by atoms with Crippen molar-refractivity contribution in [1.82, 2.24) is 25.6 Å². The lowest BCUT2D eigenvalue weighted by atomic mass is 10.1. The van der Waals surface area contributed by atoms with E-state index in [2.05, 4.69) is 21.0 Å². The minimum atomic E-state index is -0.701. The van der Waals surface area contributed by atoms with Gasteiger partial charge in [0.05, 0.1) is 4.88 Å². The lowest BCUT2D eigenvalue weighted by Crippen LogP contribution is -2.46. The molecule has 2 heterocycles. The molecule has 2 amide bonds. The van der Waals surface area contributed by atoms with Crippen LogP contribution in [-0.2, 0) is 9.59 Å². The molecule has 4 rings (SSSR count). The molecule has 1 unspecified atom stereocenters. The first kappa shape index (κ1) is 22.4. The van der Waals surface area contributed by atoms with Gasteiger partial charge in [-0.05, 0) is 42.2 Å². The SMILES string of the molecule is CC(C(=O)NNC(=O)COc1ccccc1-c1ccccc1)n1c(-c2cccs2)n[nH]c1=S. The topological polar surface area (TPSA) is 101 Å². The van der Waals surface area contributed by atoms with Gasteiger partial charge in [-0.3, -0.25) is 30.1 Å². The third kappa shape index (κ3) is 5.18. The van der Waals surface area contributed by atoms with Crippen molar-refractivity contribution in [2.24, 2.45) is 0 Å². The number of aromatic nitrogens is 3. The van der Waals surface area contributed by atoms with Gasteiger partial charge in [0, 0.05) is 5.56 Å². The fourth-order valence-electron chi connectivity index (χ4n) is 3.22. The number of nitrogens with one attached hydrogen (secondary N) is 3. The van der Waals surface area contributed by atoms with Crippen LogP contribution < -0.4 is 15.6 Å². The molecule has 0 saturated carbocycles. The van der Waals surface area contributed by atoms with Gasteiger partial charge in [-0.2, -0.15) is 5.10 Å². The van der Waals surface area contributed by atoms with Crippen LogP contribution in [0.4, 0.5) is 0 Å². The largest absolute Gasteiger partial charge is 0.483 e. The highest BCUT2D eigenvalue weighted by Crippen LogP contribution is 2.29. The number of thiophene rings is 1. The number of para-hydroxylation sites is 1. The molecule has 0 aliphatic carbocycles. The summed E-state index contributed by atoms with van der Waals surface area (Å²) in [5, 5.41) is 8.86. The molecular weight excluding hydrogens is 458 g/mol. The highest BCUT2D eigenvalue weighted by molar-refractivity contribution is 7.71. The molecule has 0 aliphatic rings. The number of aromatic amines is 1. The Morgan fingerprint density at radius 3 is 2.61 bits per heavy atom. The molecule has 10 heteroatoms. The minimum Gasteiger partial charge on any atom is -0.483 e. The van der Waals surface area contributed by atoms with Crippen LogP contribution in [0.2, 0.25) is 0 Å². The monoisotopic (exact) mass is 479 g/mol. The van der Waals surface area contributed by atoms with Crippen molar-refractivity contribution in [3.63, 3.8) is 0 Å². The summed E-state index contributed by atoms with van der Waals surface area (Å²) in [5.74, 6) is 0.199. The summed E-state index contributed by atoms with van der Waals surface area (Å²) in [5.41, 5.74) is 6.67. The zero-order chi connectivity index (χ0) is 23.2. The Bertz CT molecular complexity index is 1300. The number of benzene rings is 2. The summed E-state index contributed by atoms with van der Waals surface area (Å²) in [6.45, 7) is 1.42. The second-order valence-electron chi connectivity index (χ2n) is 7.06. The average Bonchev–Trinajstić information content (AvgIpc) is 3.51. The molecule has 1 atom stereocenters. The maximum Gasteiger partial charge on any atom is 0.276 e. The first-order valence-corrected chi connectivity index (χ1v) is 11.4. The summed E-state index contributed by atoms with van der Waals surface area (Å²) < 4.78 is 7.63. The predicted octanol–water partition coefficient (Wildman–Crippen LogP) is 4.12. The summed E-state index contributed by atoms with van der Waals surface area (Å²) in [4.78, 5) is 25.8. The van der Waals surface area contributed by atoms with Crippen LogP contribution in [0.5, 0.6) is 5.75 Å². The molecular formula is C23H21N5O3S2. The summed E-state index contributed by atoms with van der Waals surface area (Å²) in [7, 11) is 0. The zero-order valence-electron chi connectivity index (χ0n) is 17.6. The first-order valence-electron chi connectivity index (χ1n) is 10.1. The normalized spacial score (nSPS) is 11.5. The molecule has 2 aromatic carbocycles. The fraction of sp³-hybridized carbons (Fsp3) is 0.130. The number of nitrogens with zero attached hydrogens (tertiary/aromatic N) is 2. The molecule has 0 aliphatic heterocycles. The van der Waals surface area contributed by atoms with Crippen LogP contribution in [0, 0.1) is 4.77 Å². The molecule has 0 saturated heterocycles. The maximum absolute atomic E-state index is 12.7. The number of H-pyrrole nitrogens is 1. The predicted molar refractivity (Wildman–Crippen MR) is 129 cm³/mol. The fourth-order valence-corrected chi connectivity index (χ4v) is 4.23. The number of carbonyl (C=O) groups is 2. The number of rotatable bonds is 7. The Balaban J connectivity index is 1.36. The minimum absolute atomic E-state index is 0.260. The Morgan fingerprint density at radius 2 is 1.85 bits per heavy atom. The van der Waals surface area contributed by atoms with Crippen molar-refractivity contribution < 1.29 is 14.3 Å². The lowest BCUT2D eigenvalue weighted by molar-refractivity contribution is -0.131. The van der Waals surface area contributed by atoms with Gasteiger partial charge in [-0.15, -0.1) is 11.3 Å². The quantitative estimate of drug-likeness (QED) is 0.273. The van der Waals surface area contributed by atoms with Crippen molar-refractivity contribution >= 4 is 35.4 Å². The highest BCUT2D eigenvalue weighted by Gasteiger charge is 2.22. The van der Waals surface area contributed by atoms with Crippen molar-refractivity contribution in [3.8, 4) is 27.6 Å². The van der Waals surface area contributed by atoms with Gasteiger partial charge in [-0.1, -0.05) is 54.6 Å². The van der Waals surface area contributed by atoms with Crippen LogP contribution in [0.15, 0.2) is 72.1 Å². The zero-order valence-corrected chi connectivity index (χ0v) is 19.3. The highest BCUT2D eigenvalue weighted by atomic mass is 32.1. The summed E-state index contributed by atoms with van der Waals surface area (Å²) in [6.07, 6.45) is 0. The van der Waals surface area contributed by atoms with E-state index in [0.717, 1.165) is 16.0 Å². The van der Waals surface area contributed by atoms with E-state index in [0.29, 0.717) is 16.3 Å². The average molecular weight is 480 g/mol. The molecule has 4 aromatic rings. The number of amides is 2. The number of hydrogen-bond donors (Lipinski definition) is 3. The van der Waals surface area contributed by atoms with E-state index < -0.39 is 17.9 Å². The summed E-state index contributed by atoms with van der Waals surface area (Å²) >= 11 is 6.78. The number of hydrazine groups is 1. The van der Waals surface area contributed by atoms with E-state index in [9.17, 15) is 9.59 Å². The van der Waals surface area contributed by atoms with Crippen molar-refractivity contribution in [3.05, 3.63) is 76.9 Å². The van der Waals surface area contributed by atoms with E-state index in [4.69, 9.17) is 17.0 Å². The Kier molecular flexibility index (Phi) is 6.96. The number of hydrogen-bond acceptors (Lipinski definition) is 6. The van der Waals surface area contributed by atoms with Crippen molar-refractivity contribution in [2.75, 3.05) is 6.61 Å². The Morgan fingerprint density at radius 1 is 1.09 bits per heavy atom. The molecule has 3 N–H and O–H groups in total. The van der Waals surface area contributed by atoms with Gasteiger partial charge in [-0.25, -0.2) is 0 Å².